The summed E-state index contributed by atoms with van der Waals surface area (Å²) in [6.07, 6.45) is 1.86. The lowest BCUT2D eigenvalue weighted by Crippen LogP contribution is -2.20. The quantitative estimate of drug-likeness (QED) is 0.677. The molecule has 0 saturated carbocycles. The number of carbonyl (C=O) groups excluding carboxylic acids is 2. The summed E-state index contributed by atoms with van der Waals surface area (Å²) in [5.41, 5.74) is 2.25. The van der Waals surface area contributed by atoms with Crippen LogP contribution in [0.15, 0.2) is 42.5 Å². The Labute approximate surface area is 165 Å². The molecule has 0 fully saturated rings. The summed E-state index contributed by atoms with van der Waals surface area (Å²) >= 11 is 0. The van der Waals surface area contributed by atoms with Crippen molar-refractivity contribution >= 4 is 23.2 Å². The Bertz CT molecular complexity index is 850. The number of para-hydroxylation sites is 1. The summed E-state index contributed by atoms with van der Waals surface area (Å²) in [6.45, 7) is 5.24. The summed E-state index contributed by atoms with van der Waals surface area (Å²) in [7, 11) is 0. The predicted molar refractivity (Wildman–Crippen MR) is 109 cm³/mol. The molecule has 1 heterocycles. The molecule has 2 aromatic rings. The predicted octanol–water partition coefficient (Wildman–Crippen LogP) is 4.33. The van der Waals surface area contributed by atoms with E-state index < -0.39 is 5.92 Å². The molecule has 1 aliphatic rings. The maximum Gasteiger partial charge on any atom is 0.232 e. The van der Waals surface area contributed by atoms with Crippen LogP contribution in [0, 0.1) is 0 Å². The van der Waals surface area contributed by atoms with E-state index in [4.69, 9.17) is 9.47 Å². The number of ether oxygens (including phenoxy) is 2. The summed E-state index contributed by atoms with van der Waals surface area (Å²) in [5, 5.41) is 5.69. The number of fused-ring (bicyclic) bond motifs is 1. The fraction of sp³-hybridized carbons (Fsp3) is 0.364. The van der Waals surface area contributed by atoms with Gasteiger partial charge in [-0.25, -0.2) is 0 Å². The second kappa shape index (κ2) is 9.26. The van der Waals surface area contributed by atoms with Gasteiger partial charge in [0.15, 0.2) is 11.5 Å². The van der Waals surface area contributed by atoms with Crippen molar-refractivity contribution in [2.45, 2.75) is 39.0 Å². The van der Waals surface area contributed by atoms with Crippen molar-refractivity contribution < 1.29 is 19.1 Å². The minimum Gasteiger partial charge on any atom is -0.490 e. The van der Waals surface area contributed by atoms with Crippen LogP contribution in [0.3, 0.4) is 0 Å². The average Bonchev–Trinajstić information content (AvgIpc) is 3.00. The van der Waals surface area contributed by atoms with Gasteiger partial charge in [-0.2, -0.15) is 0 Å². The summed E-state index contributed by atoms with van der Waals surface area (Å²) < 4.78 is 11.5. The smallest absolute Gasteiger partial charge is 0.232 e. The molecule has 2 amide bonds. The van der Waals surface area contributed by atoms with E-state index in [0.717, 1.165) is 24.1 Å². The van der Waals surface area contributed by atoms with E-state index in [1.54, 1.807) is 18.2 Å². The molecular formula is C22H26N2O4. The van der Waals surface area contributed by atoms with Gasteiger partial charge in [-0.3, -0.25) is 9.59 Å². The lowest BCUT2D eigenvalue weighted by Gasteiger charge is -2.15. The molecule has 1 atom stereocenters. The van der Waals surface area contributed by atoms with Crippen LogP contribution in [0.5, 0.6) is 11.5 Å². The number of hydrogen-bond acceptors (Lipinski definition) is 4. The van der Waals surface area contributed by atoms with Crippen molar-refractivity contribution in [1.29, 1.82) is 0 Å². The van der Waals surface area contributed by atoms with Gasteiger partial charge >= 0.3 is 0 Å². The molecule has 6 nitrogen and oxygen atoms in total. The van der Waals surface area contributed by atoms with Gasteiger partial charge in [-0.1, -0.05) is 32.0 Å². The van der Waals surface area contributed by atoms with Crippen molar-refractivity contribution in [2.75, 3.05) is 23.8 Å². The lowest BCUT2D eigenvalue weighted by molar-refractivity contribution is -0.122. The van der Waals surface area contributed by atoms with Crippen LogP contribution in [0.4, 0.5) is 11.4 Å². The third kappa shape index (κ3) is 4.63. The normalized spacial score (nSPS) is 14.9. The first-order valence-corrected chi connectivity index (χ1v) is 9.71. The number of rotatable bonds is 9. The highest BCUT2D eigenvalue weighted by molar-refractivity contribution is 6.06. The average molecular weight is 382 g/mol. The first-order chi connectivity index (χ1) is 13.6. The lowest BCUT2D eigenvalue weighted by atomic mass is 9.97. The van der Waals surface area contributed by atoms with E-state index in [9.17, 15) is 9.59 Å². The second-order valence-electron chi connectivity index (χ2n) is 6.74. The molecule has 0 radical (unpaired) electrons. The van der Waals surface area contributed by atoms with Crippen LogP contribution in [0.1, 0.15) is 44.6 Å². The Morgan fingerprint density at radius 2 is 1.75 bits per heavy atom. The van der Waals surface area contributed by atoms with Gasteiger partial charge in [0.05, 0.1) is 19.1 Å². The first-order valence-electron chi connectivity index (χ1n) is 9.71. The number of nitrogens with one attached hydrogen (secondary N) is 2. The van der Waals surface area contributed by atoms with Gasteiger partial charge in [0.2, 0.25) is 11.8 Å². The Morgan fingerprint density at radius 3 is 2.50 bits per heavy atom. The molecule has 0 saturated heterocycles. The van der Waals surface area contributed by atoms with E-state index >= 15 is 0 Å². The second-order valence-corrected chi connectivity index (χ2v) is 6.74. The molecule has 28 heavy (non-hydrogen) atoms. The summed E-state index contributed by atoms with van der Waals surface area (Å²) in [4.78, 5) is 24.8. The van der Waals surface area contributed by atoms with E-state index in [0.29, 0.717) is 30.4 Å². The molecule has 0 aliphatic carbocycles. The maximum absolute atomic E-state index is 12.5. The fourth-order valence-corrected chi connectivity index (χ4v) is 3.12. The van der Waals surface area contributed by atoms with Gasteiger partial charge in [-0.15, -0.1) is 0 Å². The third-order valence-corrected chi connectivity index (χ3v) is 4.45. The SMILES string of the molecule is CCCOc1ccc(NC(=O)C[C@@H]2C(=O)Nc3ccccc32)cc1OCCC. The molecule has 0 unspecified atom stereocenters. The third-order valence-electron chi connectivity index (χ3n) is 4.45. The van der Waals surface area contributed by atoms with E-state index in [-0.39, 0.29) is 18.2 Å². The molecule has 2 N–H and O–H groups in total. The van der Waals surface area contributed by atoms with Gasteiger partial charge < -0.3 is 20.1 Å². The Balaban J connectivity index is 1.69. The highest BCUT2D eigenvalue weighted by Gasteiger charge is 2.31. The molecule has 1 aliphatic heterocycles. The van der Waals surface area contributed by atoms with Crippen molar-refractivity contribution in [3.8, 4) is 11.5 Å². The number of hydrogen-bond donors (Lipinski definition) is 2. The van der Waals surface area contributed by atoms with Crippen LogP contribution in [0.25, 0.3) is 0 Å². The standard InChI is InChI=1S/C22H26N2O4/c1-3-11-27-19-10-9-15(13-20(19)28-12-4-2)23-21(25)14-17-16-7-5-6-8-18(16)24-22(17)26/h5-10,13,17H,3-4,11-12,14H2,1-2H3,(H,23,25)(H,24,26)/t17-/m0/s1. The number of anilines is 2. The van der Waals surface area contributed by atoms with Crippen molar-refractivity contribution in [1.82, 2.24) is 0 Å². The highest BCUT2D eigenvalue weighted by Crippen LogP contribution is 2.35. The molecule has 0 bridgehead atoms. The van der Waals surface area contributed by atoms with E-state index in [2.05, 4.69) is 10.6 Å². The van der Waals surface area contributed by atoms with Crippen LogP contribution in [-0.4, -0.2) is 25.0 Å². The van der Waals surface area contributed by atoms with E-state index in [1.165, 1.54) is 0 Å². The van der Waals surface area contributed by atoms with Crippen LogP contribution >= 0.6 is 0 Å². The Morgan fingerprint density at radius 1 is 1.04 bits per heavy atom. The maximum atomic E-state index is 12.5. The molecule has 2 aromatic carbocycles. The molecule has 148 valence electrons. The zero-order valence-electron chi connectivity index (χ0n) is 16.3. The number of carbonyl (C=O) groups is 2. The first kappa shape index (κ1) is 19.7. The minimum absolute atomic E-state index is 0.0854. The van der Waals surface area contributed by atoms with Crippen LogP contribution in [-0.2, 0) is 9.59 Å². The van der Waals surface area contributed by atoms with Gasteiger partial charge in [0, 0.05) is 23.9 Å². The fourth-order valence-electron chi connectivity index (χ4n) is 3.12. The van der Waals surface area contributed by atoms with Crippen molar-refractivity contribution in [3.63, 3.8) is 0 Å². The molecular weight excluding hydrogens is 356 g/mol. The molecule has 6 heteroatoms. The monoisotopic (exact) mass is 382 g/mol. The van der Waals surface area contributed by atoms with Gasteiger partial charge in [0.1, 0.15) is 0 Å². The molecule has 0 spiro atoms. The van der Waals surface area contributed by atoms with Crippen molar-refractivity contribution in [2.24, 2.45) is 0 Å². The zero-order chi connectivity index (χ0) is 19.9. The minimum atomic E-state index is -0.473. The van der Waals surface area contributed by atoms with Crippen molar-refractivity contribution in [3.05, 3.63) is 48.0 Å². The van der Waals surface area contributed by atoms with Crippen LogP contribution < -0.4 is 20.1 Å². The Hall–Kier alpha value is -3.02. The van der Waals surface area contributed by atoms with Gasteiger partial charge in [0.25, 0.3) is 0 Å². The molecule has 3 rings (SSSR count). The summed E-state index contributed by atoms with van der Waals surface area (Å²) in [5.74, 6) is 0.431. The highest BCUT2D eigenvalue weighted by atomic mass is 16.5. The van der Waals surface area contributed by atoms with Crippen LogP contribution in [0.2, 0.25) is 0 Å². The number of benzene rings is 2. The van der Waals surface area contributed by atoms with Gasteiger partial charge in [-0.05, 0) is 36.6 Å². The topological polar surface area (TPSA) is 76.7 Å². The zero-order valence-corrected chi connectivity index (χ0v) is 16.3. The Kier molecular flexibility index (Phi) is 6.53. The molecule has 0 aromatic heterocycles. The number of amides is 2. The largest absolute Gasteiger partial charge is 0.490 e. The van der Waals surface area contributed by atoms with E-state index in [1.807, 2.05) is 38.1 Å². The summed E-state index contributed by atoms with van der Waals surface area (Å²) in [6, 6.07) is 12.8.